The number of thioether (sulfide) groups is 1. The Morgan fingerprint density at radius 2 is 1.70 bits per heavy atom. The molecule has 4 aromatic rings. The summed E-state index contributed by atoms with van der Waals surface area (Å²) in [5.41, 5.74) is 9.05. The highest BCUT2D eigenvalue weighted by Gasteiger charge is 2.19. The molecule has 0 aliphatic rings. The van der Waals surface area contributed by atoms with Crippen molar-refractivity contribution in [2.75, 3.05) is 0 Å². The lowest BCUT2D eigenvalue weighted by Crippen LogP contribution is -2.13. The Morgan fingerprint density at radius 1 is 1.00 bits per heavy atom. The molecule has 0 fully saturated rings. The van der Waals surface area contributed by atoms with E-state index in [9.17, 15) is 9.18 Å². The van der Waals surface area contributed by atoms with E-state index in [1.807, 2.05) is 43.3 Å². The van der Waals surface area contributed by atoms with E-state index in [-0.39, 0.29) is 5.82 Å². The molecule has 4 rings (SSSR count). The number of amides is 1. The van der Waals surface area contributed by atoms with Crippen molar-refractivity contribution in [3.05, 3.63) is 95.3 Å². The SMILES string of the molecule is Cc1ccc(-c2nnc(SCc3ccccc3C(N)=O)n2-c2ccccc2F)cc1. The minimum absolute atomic E-state index is 0.365. The maximum absolute atomic E-state index is 14.7. The molecule has 0 aliphatic carbocycles. The van der Waals surface area contributed by atoms with E-state index in [1.165, 1.54) is 17.8 Å². The topological polar surface area (TPSA) is 73.8 Å². The van der Waals surface area contributed by atoms with Crippen LogP contribution in [0.2, 0.25) is 0 Å². The van der Waals surface area contributed by atoms with E-state index in [1.54, 1.807) is 34.9 Å². The molecule has 2 N–H and O–H groups in total. The lowest BCUT2D eigenvalue weighted by atomic mass is 10.1. The average Bonchev–Trinajstić information content (AvgIpc) is 3.17. The van der Waals surface area contributed by atoms with Crippen molar-refractivity contribution in [2.24, 2.45) is 5.73 Å². The molecule has 3 aromatic carbocycles. The second-order valence-electron chi connectivity index (χ2n) is 6.77. The first-order valence-electron chi connectivity index (χ1n) is 9.32. The smallest absolute Gasteiger partial charge is 0.249 e. The van der Waals surface area contributed by atoms with Gasteiger partial charge in [0.05, 0.1) is 5.69 Å². The van der Waals surface area contributed by atoms with Crippen LogP contribution in [0.3, 0.4) is 0 Å². The number of carbonyl (C=O) groups excluding carboxylic acids is 1. The summed E-state index contributed by atoms with van der Waals surface area (Å²) in [7, 11) is 0. The van der Waals surface area contributed by atoms with E-state index in [0.717, 1.165) is 16.7 Å². The first-order chi connectivity index (χ1) is 14.5. The van der Waals surface area contributed by atoms with Crippen molar-refractivity contribution in [3.8, 4) is 17.1 Å². The van der Waals surface area contributed by atoms with Crippen LogP contribution in [0.1, 0.15) is 21.5 Å². The van der Waals surface area contributed by atoms with Gasteiger partial charge in [-0.25, -0.2) is 4.39 Å². The lowest BCUT2D eigenvalue weighted by molar-refractivity contribution is 0.0999. The zero-order valence-corrected chi connectivity index (χ0v) is 17.1. The van der Waals surface area contributed by atoms with Gasteiger partial charge in [-0.1, -0.05) is 71.9 Å². The number of aromatic nitrogens is 3. The average molecular weight is 418 g/mol. The van der Waals surface area contributed by atoms with E-state index < -0.39 is 5.91 Å². The lowest BCUT2D eigenvalue weighted by Gasteiger charge is -2.12. The van der Waals surface area contributed by atoms with E-state index >= 15 is 0 Å². The predicted octanol–water partition coefficient (Wildman–Crippen LogP) is 4.77. The minimum atomic E-state index is -0.484. The molecule has 30 heavy (non-hydrogen) atoms. The van der Waals surface area contributed by atoms with Crippen LogP contribution in [0.5, 0.6) is 0 Å². The molecule has 5 nitrogen and oxygen atoms in total. The summed E-state index contributed by atoms with van der Waals surface area (Å²) in [5.74, 6) is 0.137. The predicted molar refractivity (Wildman–Crippen MR) is 116 cm³/mol. The van der Waals surface area contributed by atoms with Gasteiger partial charge in [-0.3, -0.25) is 9.36 Å². The third-order valence-corrected chi connectivity index (χ3v) is 5.65. The first kappa shape index (κ1) is 19.8. The van der Waals surface area contributed by atoms with Gasteiger partial charge >= 0.3 is 0 Å². The van der Waals surface area contributed by atoms with Crippen LogP contribution in [0.25, 0.3) is 17.1 Å². The van der Waals surface area contributed by atoms with Gasteiger partial charge in [-0.15, -0.1) is 10.2 Å². The molecule has 0 saturated carbocycles. The fourth-order valence-electron chi connectivity index (χ4n) is 3.13. The van der Waals surface area contributed by atoms with E-state index in [0.29, 0.717) is 28.0 Å². The van der Waals surface area contributed by atoms with Crippen LogP contribution < -0.4 is 5.73 Å². The number of primary amides is 1. The number of para-hydroxylation sites is 1. The minimum Gasteiger partial charge on any atom is -0.366 e. The Labute approximate surface area is 177 Å². The fraction of sp³-hybridized carbons (Fsp3) is 0.0870. The maximum atomic E-state index is 14.7. The Bertz CT molecular complexity index is 1200. The van der Waals surface area contributed by atoms with Gasteiger partial charge in [0.25, 0.3) is 0 Å². The van der Waals surface area contributed by atoms with Crippen LogP contribution in [0, 0.1) is 12.7 Å². The number of nitrogens with zero attached hydrogens (tertiary/aromatic N) is 3. The standard InChI is InChI=1S/C23H19FN4OS/c1-15-10-12-16(13-11-15)22-26-27-23(28(22)20-9-5-4-8-19(20)24)30-14-17-6-2-3-7-18(17)21(25)29/h2-13H,14H2,1H3,(H2,25,29). The fourth-order valence-corrected chi connectivity index (χ4v) is 4.08. The Balaban J connectivity index is 1.76. The largest absolute Gasteiger partial charge is 0.366 e. The molecular weight excluding hydrogens is 399 g/mol. The van der Waals surface area contributed by atoms with Gasteiger partial charge in [-0.2, -0.15) is 0 Å². The Morgan fingerprint density at radius 3 is 2.43 bits per heavy atom. The Kier molecular flexibility index (Phi) is 5.63. The summed E-state index contributed by atoms with van der Waals surface area (Å²) in [6.45, 7) is 2.00. The van der Waals surface area contributed by atoms with Gasteiger partial charge in [0, 0.05) is 16.9 Å². The number of hydrogen-bond donors (Lipinski definition) is 1. The summed E-state index contributed by atoms with van der Waals surface area (Å²) in [4.78, 5) is 11.7. The number of hydrogen-bond acceptors (Lipinski definition) is 4. The molecular formula is C23H19FN4OS. The van der Waals surface area contributed by atoms with Crippen LogP contribution in [0.4, 0.5) is 4.39 Å². The number of benzene rings is 3. The summed E-state index contributed by atoms with van der Waals surface area (Å²) in [5, 5.41) is 9.18. The molecule has 1 heterocycles. The van der Waals surface area contributed by atoms with Crippen molar-refractivity contribution in [3.63, 3.8) is 0 Å². The van der Waals surface area contributed by atoms with E-state index in [2.05, 4.69) is 10.2 Å². The number of halogens is 1. The zero-order chi connectivity index (χ0) is 21.1. The molecule has 0 atom stereocenters. The number of carbonyl (C=O) groups is 1. The molecule has 0 saturated heterocycles. The molecule has 150 valence electrons. The molecule has 1 aromatic heterocycles. The van der Waals surface area contributed by atoms with Crippen molar-refractivity contribution in [1.29, 1.82) is 0 Å². The van der Waals surface area contributed by atoms with Gasteiger partial charge in [0.2, 0.25) is 5.91 Å². The molecule has 1 amide bonds. The van der Waals surface area contributed by atoms with Crippen LogP contribution in [-0.4, -0.2) is 20.7 Å². The molecule has 0 bridgehead atoms. The summed E-state index contributed by atoms with van der Waals surface area (Å²) in [6.07, 6.45) is 0. The number of aryl methyl sites for hydroxylation is 1. The molecule has 0 aliphatic heterocycles. The normalized spacial score (nSPS) is 10.9. The third kappa shape index (κ3) is 3.97. The van der Waals surface area contributed by atoms with Gasteiger partial charge < -0.3 is 5.73 Å². The highest BCUT2D eigenvalue weighted by molar-refractivity contribution is 7.98. The number of nitrogens with two attached hydrogens (primary N) is 1. The van der Waals surface area contributed by atoms with Crippen molar-refractivity contribution >= 4 is 17.7 Å². The van der Waals surface area contributed by atoms with Crippen molar-refractivity contribution in [1.82, 2.24) is 14.8 Å². The maximum Gasteiger partial charge on any atom is 0.249 e. The van der Waals surface area contributed by atoms with Crippen molar-refractivity contribution < 1.29 is 9.18 Å². The Hall–Kier alpha value is -3.45. The summed E-state index contributed by atoms with van der Waals surface area (Å²) >= 11 is 1.37. The zero-order valence-electron chi connectivity index (χ0n) is 16.2. The monoisotopic (exact) mass is 418 g/mol. The van der Waals surface area contributed by atoms with Crippen LogP contribution >= 0.6 is 11.8 Å². The number of rotatable bonds is 6. The first-order valence-corrected chi connectivity index (χ1v) is 10.3. The molecule has 0 radical (unpaired) electrons. The quantitative estimate of drug-likeness (QED) is 0.458. The molecule has 0 unspecified atom stereocenters. The van der Waals surface area contributed by atoms with Crippen LogP contribution in [-0.2, 0) is 5.75 Å². The highest BCUT2D eigenvalue weighted by Crippen LogP contribution is 2.31. The van der Waals surface area contributed by atoms with Gasteiger partial charge in [0.15, 0.2) is 11.0 Å². The molecule has 7 heteroatoms. The summed E-state index contributed by atoms with van der Waals surface area (Å²) < 4.78 is 16.4. The summed E-state index contributed by atoms with van der Waals surface area (Å²) in [6, 6.07) is 21.5. The van der Waals surface area contributed by atoms with Gasteiger partial charge in [-0.05, 0) is 30.7 Å². The van der Waals surface area contributed by atoms with Crippen molar-refractivity contribution in [2.45, 2.75) is 17.8 Å². The second kappa shape index (κ2) is 8.51. The highest BCUT2D eigenvalue weighted by atomic mass is 32.2. The van der Waals surface area contributed by atoms with Crippen LogP contribution in [0.15, 0.2) is 78.0 Å². The van der Waals surface area contributed by atoms with Gasteiger partial charge in [0.1, 0.15) is 5.82 Å². The van der Waals surface area contributed by atoms with E-state index in [4.69, 9.17) is 5.73 Å². The molecule has 0 spiro atoms. The second-order valence-corrected chi connectivity index (χ2v) is 7.71. The third-order valence-electron chi connectivity index (χ3n) is 4.68.